The zero-order valence-electron chi connectivity index (χ0n) is 12.9. The van der Waals surface area contributed by atoms with E-state index in [0.717, 1.165) is 11.1 Å². The molecule has 2 heterocycles. The molecule has 0 unspecified atom stereocenters. The molecule has 2 aliphatic heterocycles. The van der Waals surface area contributed by atoms with Gasteiger partial charge >= 0.3 is 0 Å². The van der Waals surface area contributed by atoms with E-state index in [1.54, 1.807) is 6.07 Å². The summed E-state index contributed by atoms with van der Waals surface area (Å²) in [6.07, 6.45) is 0.573. The summed E-state index contributed by atoms with van der Waals surface area (Å²) in [5, 5.41) is 2.26. The van der Waals surface area contributed by atoms with Crippen LogP contribution in [0.15, 0.2) is 18.2 Å². The molecular weight excluding hydrogens is 454 g/mol. The topological polar surface area (TPSA) is 66.5 Å². The Morgan fingerprint density at radius 2 is 1.86 bits per heavy atom. The van der Waals surface area contributed by atoms with Crippen LogP contribution in [-0.2, 0) is 36.6 Å². The number of nitrogens with one attached hydrogen (secondary N) is 1. The third kappa shape index (κ3) is 3.24. The summed E-state index contributed by atoms with van der Waals surface area (Å²) in [5.74, 6) is -0.887. The molecule has 1 aromatic rings. The van der Waals surface area contributed by atoms with E-state index in [2.05, 4.69) is 5.32 Å². The number of rotatable bonds is 1. The summed E-state index contributed by atoms with van der Waals surface area (Å²) in [5.41, 5.74) is 2.66. The Bertz CT molecular complexity index is 601. The van der Waals surface area contributed by atoms with Crippen molar-refractivity contribution in [2.75, 3.05) is 0 Å². The van der Waals surface area contributed by atoms with E-state index in [9.17, 15) is 14.4 Å². The van der Waals surface area contributed by atoms with Gasteiger partial charge in [0.2, 0.25) is 11.8 Å². The Balaban J connectivity index is 0.000000775. The van der Waals surface area contributed by atoms with Crippen molar-refractivity contribution >= 4 is 17.7 Å². The molecule has 6 heteroatoms. The molecule has 3 rings (SSSR count). The average molecular weight is 474 g/mol. The van der Waals surface area contributed by atoms with E-state index in [-0.39, 0.29) is 38.7 Å². The minimum absolute atomic E-state index is 0. The van der Waals surface area contributed by atoms with Crippen molar-refractivity contribution in [2.45, 2.75) is 40.2 Å². The third-order valence-corrected chi connectivity index (χ3v) is 3.63. The smallest absolute Gasteiger partial charge is 0.228 e. The molecule has 1 radical (unpaired) electrons. The molecule has 0 spiro atoms. The number of aryl methyl sites for hydroxylation is 1. The first kappa shape index (κ1) is 18.4. The van der Waals surface area contributed by atoms with Crippen LogP contribution in [0.25, 0.3) is 0 Å². The molecule has 0 bridgehead atoms. The Morgan fingerprint density at radius 1 is 1.18 bits per heavy atom. The van der Waals surface area contributed by atoms with Gasteiger partial charge in [0.05, 0.1) is 0 Å². The van der Waals surface area contributed by atoms with E-state index >= 15 is 0 Å². The quantitative estimate of drug-likeness (QED) is 0.501. The van der Waals surface area contributed by atoms with Crippen LogP contribution in [0.4, 0.5) is 0 Å². The van der Waals surface area contributed by atoms with Gasteiger partial charge in [-0.2, -0.15) is 0 Å². The summed E-state index contributed by atoms with van der Waals surface area (Å²) in [6.45, 7) is 6.36. The SMILES string of the molecule is CC.Cc1cccc2c1CN([C-]1CCC(=O)NC1=O)C2=O.[Re]. The van der Waals surface area contributed by atoms with Gasteiger partial charge in [0.15, 0.2) is 0 Å². The van der Waals surface area contributed by atoms with Crippen LogP contribution in [0.2, 0.25) is 0 Å². The van der Waals surface area contributed by atoms with E-state index in [4.69, 9.17) is 0 Å². The summed E-state index contributed by atoms with van der Waals surface area (Å²) in [6, 6.07) is 5.95. The van der Waals surface area contributed by atoms with Crippen LogP contribution >= 0.6 is 0 Å². The molecule has 0 saturated carbocycles. The van der Waals surface area contributed by atoms with Gasteiger partial charge in [-0.15, -0.1) is 6.42 Å². The maximum Gasteiger partial charge on any atom is 0.228 e. The van der Waals surface area contributed by atoms with Crippen molar-refractivity contribution in [2.24, 2.45) is 0 Å². The number of carbonyl (C=O) groups excluding carboxylic acids is 3. The zero-order chi connectivity index (χ0) is 15.6. The Morgan fingerprint density at radius 3 is 2.45 bits per heavy atom. The van der Waals surface area contributed by atoms with Crippen molar-refractivity contribution in [3.05, 3.63) is 40.9 Å². The van der Waals surface area contributed by atoms with Gasteiger partial charge in [-0.1, -0.05) is 26.0 Å². The molecule has 1 N–H and O–H groups in total. The molecule has 0 atom stereocenters. The number of carbonyl (C=O) groups is 3. The minimum Gasteiger partial charge on any atom is -0.458 e. The Hall–Kier alpha value is -1.64. The monoisotopic (exact) mass is 474 g/mol. The number of imide groups is 1. The van der Waals surface area contributed by atoms with Crippen LogP contribution in [0.3, 0.4) is 0 Å². The van der Waals surface area contributed by atoms with Crippen LogP contribution < -0.4 is 5.32 Å². The van der Waals surface area contributed by atoms with Crippen LogP contribution in [0.5, 0.6) is 0 Å². The molecular formula is C16H19N2O3Re-. The fourth-order valence-electron chi connectivity index (χ4n) is 2.57. The summed E-state index contributed by atoms with van der Waals surface area (Å²) >= 11 is 0. The molecule has 1 saturated heterocycles. The van der Waals surface area contributed by atoms with Crippen LogP contribution in [-0.4, -0.2) is 22.6 Å². The second kappa shape index (κ2) is 7.57. The van der Waals surface area contributed by atoms with E-state index in [0.29, 0.717) is 24.6 Å². The normalized spacial score (nSPS) is 16.4. The fourth-order valence-corrected chi connectivity index (χ4v) is 2.57. The van der Waals surface area contributed by atoms with Gasteiger partial charge in [-0.3, -0.25) is 9.59 Å². The molecule has 1 aromatic carbocycles. The molecule has 1 fully saturated rings. The van der Waals surface area contributed by atoms with Gasteiger partial charge in [0.25, 0.3) is 0 Å². The van der Waals surface area contributed by atoms with Gasteiger partial charge in [-0.25, -0.2) is 6.04 Å². The number of amides is 3. The summed E-state index contributed by atoms with van der Waals surface area (Å²) in [7, 11) is 0. The van der Waals surface area contributed by atoms with Gasteiger partial charge in [-0.05, 0) is 24.1 Å². The Kier molecular flexibility index (Phi) is 6.34. The predicted molar refractivity (Wildman–Crippen MR) is 78.0 cm³/mol. The second-order valence-electron chi connectivity index (χ2n) is 4.82. The first-order valence-electron chi connectivity index (χ1n) is 7.18. The molecule has 2 aliphatic rings. The zero-order valence-corrected chi connectivity index (χ0v) is 15.6. The van der Waals surface area contributed by atoms with Crippen LogP contribution in [0, 0.1) is 13.0 Å². The molecule has 0 aromatic heterocycles. The van der Waals surface area contributed by atoms with Gasteiger partial charge in [0, 0.05) is 39.0 Å². The second-order valence-corrected chi connectivity index (χ2v) is 4.82. The molecule has 0 aliphatic carbocycles. The van der Waals surface area contributed by atoms with Crippen molar-refractivity contribution in [3.63, 3.8) is 0 Å². The summed E-state index contributed by atoms with van der Waals surface area (Å²) < 4.78 is 0. The van der Waals surface area contributed by atoms with Crippen molar-refractivity contribution in [3.8, 4) is 0 Å². The predicted octanol–water partition coefficient (Wildman–Crippen LogP) is 1.94. The first-order chi connectivity index (χ1) is 10.1. The molecule has 5 nitrogen and oxygen atoms in total. The number of nitrogens with zero attached hydrogens (tertiary/aromatic N) is 1. The molecule has 22 heavy (non-hydrogen) atoms. The fraction of sp³-hybridized carbons (Fsp3) is 0.375. The number of piperidine rings is 1. The molecule has 119 valence electrons. The standard InChI is InChI=1S/C14H13N2O3.C2H6.Re/c1-8-3-2-4-9-10(8)7-16(14(9)19)11-5-6-12(17)15-13(11)18;1-2;/h2-4H,5-7H2,1H3,(H,15,17,18);1-2H3;/q-1;;. The number of hydrogen-bond donors (Lipinski definition) is 1. The third-order valence-electron chi connectivity index (χ3n) is 3.63. The van der Waals surface area contributed by atoms with E-state index in [1.807, 2.05) is 32.9 Å². The van der Waals surface area contributed by atoms with E-state index < -0.39 is 5.91 Å². The van der Waals surface area contributed by atoms with Crippen molar-refractivity contribution < 1.29 is 34.8 Å². The van der Waals surface area contributed by atoms with Crippen molar-refractivity contribution in [1.82, 2.24) is 10.2 Å². The van der Waals surface area contributed by atoms with E-state index in [1.165, 1.54) is 4.90 Å². The van der Waals surface area contributed by atoms with Gasteiger partial charge < -0.3 is 15.0 Å². The maximum atomic E-state index is 12.3. The molecule has 3 amide bonds. The minimum atomic E-state index is -0.449. The number of hydrogen-bond acceptors (Lipinski definition) is 3. The number of benzene rings is 1. The number of fused-ring (bicyclic) bond motifs is 1. The maximum absolute atomic E-state index is 12.3. The van der Waals surface area contributed by atoms with Gasteiger partial charge in [0.1, 0.15) is 5.91 Å². The van der Waals surface area contributed by atoms with Crippen LogP contribution in [0.1, 0.15) is 48.2 Å². The first-order valence-corrected chi connectivity index (χ1v) is 7.18. The Labute approximate surface area is 144 Å². The average Bonchev–Trinajstić information content (AvgIpc) is 2.80. The largest absolute Gasteiger partial charge is 0.458 e. The van der Waals surface area contributed by atoms with Crippen molar-refractivity contribution in [1.29, 1.82) is 0 Å². The summed E-state index contributed by atoms with van der Waals surface area (Å²) in [4.78, 5) is 36.8.